The summed E-state index contributed by atoms with van der Waals surface area (Å²) >= 11 is 0. The average molecular weight is 502 g/mol. The second-order valence-corrected chi connectivity index (χ2v) is 9.70. The summed E-state index contributed by atoms with van der Waals surface area (Å²) in [4.78, 5) is 19.8. The van der Waals surface area contributed by atoms with Crippen molar-refractivity contribution in [1.82, 2.24) is 30.1 Å². The van der Waals surface area contributed by atoms with Gasteiger partial charge in [-0.2, -0.15) is 5.10 Å². The monoisotopic (exact) mass is 501 g/mol. The number of aromatic amines is 2. The van der Waals surface area contributed by atoms with Crippen LogP contribution in [-0.2, 0) is 6.61 Å². The van der Waals surface area contributed by atoms with E-state index in [9.17, 15) is 0 Å². The lowest BCUT2D eigenvalue weighted by Gasteiger charge is -2.28. The fourth-order valence-corrected chi connectivity index (χ4v) is 5.18. The normalized spacial score (nSPS) is 13.8. The van der Waals surface area contributed by atoms with E-state index >= 15 is 0 Å². The lowest BCUT2D eigenvalue weighted by atomic mass is 10.1. The first-order chi connectivity index (χ1) is 18.8. The predicted molar refractivity (Wildman–Crippen MR) is 149 cm³/mol. The molecule has 0 unspecified atom stereocenters. The maximum absolute atomic E-state index is 5.99. The fourth-order valence-electron chi connectivity index (χ4n) is 5.18. The van der Waals surface area contributed by atoms with Gasteiger partial charge < -0.3 is 14.6 Å². The van der Waals surface area contributed by atoms with Crippen LogP contribution in [0.15, 0.2) is 79.4 Å². The van der Waals surface area contributed by atoms with Crippen LogP contribution in [0.1, 0.15) is 24.8 Å². The van der Waals surface area contributed by atoms with E-state index in [0.717, 1.165) is 68.9 Å². The minimum Gasteiger partial charge on any atom is -0.487 e. The smallest absolute Gasteiger partial charge is 0.138 e. The van der Waals surface area contributed by atoms with Crippen LogP contribution in [0.5, 0.6) is 5.75 Å². The Bertz CT molecular complexity index is 1720. The number of hydrogen-bond acceptors (Lipinski definition) is 6. The van der Waals surface area contributed by atoms with Crippen LogP contribution in [0.4, 0.5) is 5.82 Å². The van der Waals surface area contributed by atoms with Crippen molar-refractivity contribution in [2.45, 2.75) is 25.9 Å². The highest BCUT2D eigenvalue weighted by Gasteiger charge is 2.18. The number of nitrogens with zero attached hydrogens (tertiary/aromatic N) is 5. The molecule has 0 bridgehead atoms. The molecule has 0 amide bonds. The number of piperidine rings is 1. The van der Waals surface area contributed by atoms with E-state index in [-0.39, 0.29) is 0 Å². The third kappa shape index (κ3) is 4.24. The lowest BCUT2D eigenvalue weighted by Crippen LogP contribution is -2.30. The quantitative estimate of drug-likeness (QED) is 0.285. The third-order valence-corrected chi connectivity index (χ3v) is 7.14. The number of pyridine rings is 3. The van der Waals surface area contributed by atoms with Crippen LogP contribution in [0, 0.1) is 0 Å². The van der Waals surface area contributed by atoms with E-state index in [2.05, 4.69) is 42.2 Å². The summed E-state index contributed by atoms with van der Waals surface area (Å²) < 4.78 is 5.99. The summed E-state index contributed by atoms with van der Waals surface area (Å²) in [6, 6.07) is 18.3. The molecule has 7 rings (SSSR count). The van der Waals surface area contributed by atoms with Gasteiger partial charge in [-0.15, -0.1) is 0 Å². The van der Waals surface area contributed by atoms with E-state index in [1.807, 2.05) is 61.1 Å². The Kier molecular flexibility index (Phi) is 5.69. The highest BCUT2D eigenvalue weighted by Crippen LogP contribution is 2.34. The molecule has 1 aliphatic heterocycles. The lowest BCUT2D eigenvalue weighted by molar-refractivity contribution is 0.305. The zero-order valence-corrected chi connectivity index (χ0v) is 20.9. The van der Waals surface area contributed by atoms with Crippen molar-refractivity contribution in [3.63, 3.8) is 0 Å². The summed E-state index contributed by atoms with van der Waals surface area (Å²) in [5, 5.41) is 9.90. The molecular weight excluding hydrogens is 474 g/mol. The van der Waals surface area contributed by atoms with Crippen LogP contribution in [0.3, 0.4) is 0 Å². The molecule has 1 aliphatic rings. The molecule has 6 aromatic rings. The molecule has 0 radical (unpaired) electrons. The van der Waals surface area contributed by atoms with Crippen LogP contribution in [0.2, 0.25) is 0 Å². The zero-order chi connectivity index (χ0) is 25.3. The molecule has 2 N–H and O–H groups in total. The summed E-state index contributed by atoms with van der Waals surface area (Å²) in [5.74, 6) is 1.75. The van der Waals surface area contributed by atoms with Crippen LogP contribution in [0.25, 0.3) is 44.5 Å². The fraction of sp³-hybridized carbons (Fsp3) is 0.200. The number of rotatable bonds is 6. The summed E-state index contributed by atoms with van der Waals surface area (Å²) in [6.07, 6.45) is 11.0. The topological polar surface area (TPSA) is 95.6 Å². The number of H-pyrrole nitrogens is 2. The minimum atomic E-state index is 0.485. The summed E-state index contributed by atoms with van der Waals surface area (Å²) in [6.45, 7) is 2.59. The second-order valence-electron chi connectivity index (χ2n) is 9.70. The Balaban J connectivity index is 1.22. The van der Waals surface area contributed by atoms with Crippen molar-refractivity contribution < 1.29 is 4.74 Å². The van der Waals surface area contributed by atoms with Gasteiger partial charge in [-0.05, 0) is 49.1 Å². The Morgan fingerprint density at radius 3 is 2.63 bits per heavy atom. The second kappa shape index (κ2) is 9.63. The van der Waals surface area contributed by atoms with Crippen LogP contribution >= 0.6 is 0 Å². The molecule has 1 fully saturated rings. The molecule has 1 saturated heterocycles. The number of benzene rings is 1. The van der Waals surface area contributed by atoms with Gasteiger partial charge in [-0.1, -0.05) is 30.3 Å². The van der Waals surface area contributed by atoms with E-state index in [1.165, 1.54) is 19.3 Å². The van der Waals surface area contributed by atoms with Gasteiger partial charge >= 0.3 is 0 Å². The van der Waals surface area contributed by atoms with E-state index < -0.39 is 0 Å². The Morgan fingerprint density at radius 2 is 1.74 bits per heavy atom. The Labute approximate surface area is 219 Å². The number of aromatic nitrogens is 6. The van der Waals surface area contributed by atoms with Crippen molar-refractivity contribution in [2.75, 3.05) is 18.0 Å². The highest BCUT2D eigenvalue weighted by atomic mass is 16.5. The van der Waals surface area contributed by atoms with Crippen molar-refractivity contribution in [3.05, 3.63) is 84.9 Å². The first-order valence-corrected chi connectivity index (χ1v) is 13.0. The predicted octanol–water partition coefficient (Wildman–Crippen LogP) is 6.13. The SMILES string of the molecule is c1ccc(COc2cncc(-c3cc4c(-c5cc6c(N7CCCCC7)nccc6[nH]5)n[nH]c4cn3)c2)cc1. The maximum Gasteiger partial charge on any atom is 0.138 e. The number of anilines is 1. The molecule has 0 saturated carbocycles. The molecule has 0 spiro atoms. The van der Waals surface area contributed by atoms with Gasteiger partial charge in [0.1, 0.15) is 23.9 Å². The Morgan fingerprint density at radius 1 is 0.842 bits per heavy atom. The van der Waals surface area contributed by atoms with E-state index in [1.54, 1.807) is 6.20 Å². The zero-order valence-electron chi connectivity index (χ0n) is 20.9. The first-order valence-electron chi connectivity index (χ1n) is 13.0. The first kappa shape index (κ1) is 22.5. The van der Waals surface area contributed by atoms with Gasteiger partial charge in [0.2, 0.25) is 0 Å². The van der Waals surface area contributed by atoms with Gasteiger partial charge in [0, 0.05) is 41.8 Å². The van der Waals surface area contributed by atoms with Gasteiger partial charge in [-0.25, -0.2) is 4.98 Å². The highest BCUT2D eigenvalue weighted by molar-refractivity contribution is 5.99. The molecule has 0 atom stereocenters. The van der Waals surface area contributed by atoms with Gasteiger partial charge in [0.05, 0.1) is 34.8 Å². The molecule has 8 nitrogen and oxygen atoms in total. The Hall–Kier alpha value is -4.72. The largest absolute Gasteiger partial charge is 0.487 e. The summed E-state index contributed by atoms with van der Waals surface area (Å²) in [5.41, 5.74) is 6.55. The molecule has 0 aliphatic carbocycles. The molecule has 6 heterocycles. The number of ether oxygens (including phenoxy) is 1. The summed E-state index contributed by atoms with van der Waals surface area (Å²) in [7, 11) is 0. The average Bonchev–Trinajstić information content (AvgIpc) is 3.61. The molecule has 38 heavy (non-hydrogen) atoms. The van der Waals surface area contributed by atoms with Crippen LogP contribution in [-0.4, -0.2) is 43.2 Å². The molecule has 188 valence electrons. The number of fused-ring (bicyclic) bond motifs is 2. The minimum absolute atomic E-state index is 0.485. The molecule has 5 aromatic heterocycles. The van der Waals surface area contributed by atoms with E-state index in [4.69, 9.17) is 9.72 Å². The standard InChI is InChI=1S/C30H27N7O/c1-3-7-20(8-4-1)19-38-22-13-21(16-31-17-22)26-14-23-28(18-33-26)35-36-29(23)27-15-24-25(34-27)9-10-32-30(24)37-11-5-2-6-12-37/h1,3-4,7-10,13-18,34H,2,5-6,11-12,19H2,(H,35,36). The molecule has 1 aromatic carbocycles. The van der Waals surface area contributed by atoms with Crippen molar-refractivity contribution >= 4 is 27.6 Å². The number of hydrogen-bond donors (Lipinski definition) is 2. The van der Waals surface area contributed by atoms with Crippen molar-refractivity contribution in [2.24, 2.45) is 0 Å². The van der Waals surface area contributed by atoms with Crippen LogP contribution < -0.4 is 9.64 Å². The maximum atomic E-state index is 5.99. The van der Waals surface area contributed by atoms with Gasteiger partial charge in [0.25, 0.3) is 0 Å². The number of nitrogens with one attached hydrogen (secondary N) is 2. The third-order valence-electron chi connectivity index (χ3n) is 7.14. The van der Waals surface area contributed by atoms with Crippen molar-refractivity contribution in [1.29, 1.82) is 0 Å². The van der Waals surface area contributed by atoms with Gasteiger partial charge in [-0.3, -0.25) is 15.1 Å². The molecule has 8 heteroatoms. The van der Waals surface area contributed by atoms with Gasteiger partial charge in [0.15, 0.2) is 0 Å². The van der Waals surface area contributed by atoms with E-state index in [0.29, 0.717) is 12.4 Å². The van der Waals surface area contributed by atoms with Crippen molar-refractivity contribution in [3.8, 4) is 28.4 Å². The molecular formula is C30H27N7O.